The van der Waals surface area contributed by atoms with Crippen molar-refractivity contribution in [2.75, 3.05) is 41.4 Å². The van der Waals surface area contributed by atoms with Crippen LogP contribution in [0.25, 0.3) is 0 Å². The molecule has 28 heavy (non-hydrogen) atoms. The highest BCUT2D eigenvalue weighted by Crippen LogP contribution is 2.32. The Morgan fingerprint density at radius 3 is 2.39 bits per heavy atom. The Hall–Kier alpha value is -3.02. The summed E-state index contributed by atoms with van der Waals surface area (Å²) in [6, 6.07) is 15.2. The third-order valence-corrected chi connectivity index (χ3v) is 5.23. The number of nitrogens with one attached hydrogen (secondary N) is 1. The minimum Gasteiger partial charge on any atom is -0.482 e. The van der Waals surface area contributed by atoms with E-state index >= 15 is 0 Å². The molecule has 2 aliphatic heterocycles. The average molecular weight is 379 g/mol. The zero-order chi connectivity index (χ0) is 19.3. The van der Waals surface area contributed by atoms with Crippen LogP contribution in [0.1, 0.15) is 25.7 Å². The molecule has 0 aromatic heterocycles. The number of amides is 2. The molecule has 1 N–H and O–H groups in total. The van der Waals surface area contributed by atoms with E-state index in [0.717, 1.165) is 24.5 Å². The van der Waals surface area contributed by atoms with Gasteiger partial charge in [-0.1, -0.05) is 37.1 Å². The lowest BCUT2D eigenvalue weighted by Crippen LogP contribution is -2.43. The van der Waals surface area contributed by atoms with E-state index in [9.17, 15) is 9.59 Å². The first kappa shape index (κ1) is 18.3. The number of benzene rings is 2. The molecule has 0 spiro atoms. The van der Waals surface area contributed by atoms with Crippen molar-refractivity contribution in [3.8, 4) is 5.75 Å². The van der Waals surface area contributed by atoms with Crippen molar-refractivity contribution >= 4 is 28.9 Å². The summed E-state index contributed by atoms with van der Waals surface area (Å²) < 4.78 is 5.45. The molecule has 1 saturated heterocycles. The Morgan fingerprint density at radius 2 is 1.61 bits per heavy atom. The third kappa shape index (κ3) is 3.96. The number of carbonyl (C=O) groups excluding carboxylic acids is 2. The molecule has 2 heterocycles. The van der Waals surface area contributed by atoms with E-state index in [1.165, 1.54) is 30.6 Å². The lowest BCUT2D eigenvalue weighted by molar-refractivity contribution is -0.123. The van der Waals surface area contributed by atoms with Crippen LogP contribution in [0.3, 0.4) is 0 Å². The zero-order valence-corrected chi connectivity index (χ0v) is 15.9. The zero-order valence-electron chi connectivity index (χ0n) is 15.9. The molecule has 0 bridgehead atoms. The van der Waals surface area contributed by atoms with E-state index in [1.807, 2.05) is 30.3 Å². The van der Waals surface area contributed by atoms with Crippen LogP contribution < -0.4 is 19.9 Å². The van der Waals surface area contributed by atoms with E-state index in [1.54, 1.807) is 12.1 Å². The molecule has 2 aromatic carbocycles. The van der Waals surface area contributed by atoms with E-state index in [4.69, 9.17) is 4.74 Å². The van der Waals surface area contributed by atoms with Crippen molar-refractivity contribution in [2.24, 2.45) is 0 Å². The van der Waals surface area contributed by atoms with Crippen LogP contribution in [0.2, 0.25) is 0 Å². The Bertz CT molecular complexity index is 860. The fraction of sp³-hybridized carbons (Fsp3) is 0.364. The number of fused-ring (bicyclic) bond motifs is 1. The Labute approximate surface area is 165 Å². The van der Waals surface area contributed by atoms with Gasteiger partial charge in [0.15, 0.2) is 6.61 Å². The van der Waals surface area contributed by atoms with Crippen molar-refractivity contribution in [3.05, 3.63) is 48.5 Å². The molecule has 0 saturated carbocycles. The molecule has 2 aliphatic rings. The summed E-state index contributed by atoms with van der Waals surface area (Å²) in [4.78, 5) is 28.9. The largest absolute Gasteiger partial charge is 0.482 e. The molecule has 146 valence electrons. The minimum atomic E-state index is -0.215. The highest BCUT2D eigenvalue weighted by atomic mass is 16.5. The highest BCUT2D eigenvalue weighted by Gasteiger charge is 2.27. The lowest BCUT2D eigenvalue weighted by Gasteiger charge is -2.29. The van der Waals surface area contributed by atoms with Gasteiger partial charge in [-0.2, -0.15) is 0 Å². The van der Waals surface area contributed by atoms with Gasteiger partial charge in [-0.15, -0.1) is 0 Å². The summed E-state index contributed by atoms with van der Waals surface area (Å²) in [5.74, 6) is 0.196. The van der Waals surface area contributed by atoms with Crippen LogP contribution in [0.5, 0.6) is 5.75 Å². The second kappa shape index (κ2) is 8.33. The van der Waals surface area contributed by atoms with Crippen LogP contribution in [0.4, 0.5) is 17.1 Å². The van der Waals surface area contributed by atoms with Gasteiger partial charge in [-0.05, 0) is 37.1 Å². The summed E-state index contributed by atoms with van der Waals surface area (Å²) in [6.07, 6.45) is 4.84. The summed E-state index contributed by atoms with van der Waals surface area (Å²) in [5, 5.41) is 3.01. The van der Waals surface area contributed by atoms with Gasteiger partial charge in [-0.3, -0.25) is 14.5 Å². The quantitative estimate of drug-likeness (QED) is 0.884. The van der Waals surface area contributed by atoms with Crippen molar-refractivity contribution < 1.29 is 14.3 Å². The molecule has 0 aliphatic carbocycles. The number of ether oxygens (including phenoxy) is 1. The maximum Gasteiger partial charge on any atom is 0.265 e. The van der Waals surface area contributed by atoms with E-state index < -0.39 is 0 Å². The van der Waals surface area contributed by atoms with Crippen molar-refractivity contribution in [3.63, 3.8) is 0 Å². The van der Waals surface area contributed by atoms with Gasteiger partial charge < -0.3 is 15.0 Å². The summed E-state index contributed by atoms with van der Waals surface area (Å²) in [7, 11) is 0. The molecular formula is C22H25N3O3. The number of anilines is 3. The molecule has 6 nitrogen and oxygen atoms in total. The van der Waals surface area contributed by atoms with E-state index in [-0.39, 0.29) is 25.0 Å². The van der Waals surface area contributed by atoms with Gasteiger partial charge in [-0.25, -0.2) is 0 Å². The van der Waals surface area contributed by atoms with Crippen molar-refractivity contribution in [2.45, 2.75) is 25.7 Å². The van der Waals surface area contributed by atoms with Gasteiger partial charge in [0.2, 0.25) is 5.91 Å². The second-order valence-corrected chi connectivity index (χ2v) is 7.20. The van der Waals surface area contributed by atoms with Crippen LogP contribution in [-0.4, -0.2) is 38.1 Å². The standard InChI is InChI=1S/C22H25N3O3/c26-21(15-25-19-11-5-6-12-20(19)28-16-22(25)27)23-17-9-3-4-10-18(17)24-13-7-1-2-8-14-24/h3-6,9-12H,1-2,7-8,13-16H2,(H,23,26). The predicted molar refractivity (Wildman–Crippen MR) is 110 cm³/mol. The Kier molecular flexibility index (Phi) is 5.46. The SMILES string of the molecule is O=C(CN1C(=O)COc2ccccc21)Nc1ccccc1N1CCCCCC1. The molecule has 0 unspecified atom stereocenters. The smallest absolute Gasteiger partial charge is 0.265 e. The fourth-order valence-electron chi connectivity index (χ4n) is 3.83. The van der Waals surface area contributed by atoms with Crippen molar-refractivity contribution in [1.29, 1.82) is 0 Å². The van der Waals surface area contributed by atoms with Gasteiger partial charge >= 0.3 is 0 Å². The first-order valence-electron chi connectivity index (χ1n) is 9.88. The monoisotopic (exact) mass is 379 g/mol. The predicted octanol–water partition coefficient (Wildman–Crippen LogP) is 3.43. The molecule has 0 atom stereocenters. The van der Waals surface area contributed by atoms with E-state index in [0.29, 0.717) is 11.4 Å². The van der Waals surface area contributed by atoms with Crippen LogP contribution >= 0.6 is 0 Å². The molecule has 6 heteroatoms. The number of rotatable bonds is 4. The minimum absolute atomic E-state index is 0.0342. The molecule has 2 amide bonds. The van der Waals surface area contributed by atoms with Crippen molar-refractivity contribution in [1.82, 2.24) is 0 Å². The summed E-state index contributed by atoms with van der Waals surface area (Å²) in [5.41, 5.74) is 2.48. The van der Waals surface area contributed by atoms with Gasteiger partial charge in [0, 0.05) is 13.1 Å². The Morgan fingerprint density at radius 1 is 0.929 bits per heavy atom. The number of hydrogen-bond acceptors (Lipinski definition) is 4. The number of carbonyl (C=O) groups is 2. The van der Waals surface area contributed by atoms with E-state index in [2.05, 4.69) is 16.3 Å². The highest BCUT2D eigenvalue weighted by molar-refractivity contribution is 6.05. The lowest BCUT2D eigenvalue weighted by atomic mass is 10.2. The first-order chi connectivity index (χ1) is 13.7. The van der Waals surface area contributed by atoms with Crippen LogP contribution in [0, 0.1) is 0 Å². The summed E-state index contributed by atoms with van der Waals surface area (Å²) in [6.45, 7) is 1.92. The Balaban J connectivity index is 1.50. The molecule has 4 rings (SSSR count). The van der Waals surface area contributed by atoms with Crippen LogP contribution in [0.15, 0.2) is 48.5 Å². The topological polar surface area (TPSA) is 61.9 Å². The maximum absolute atomic E-state index is 12.8. The normalized spacial score (nSPS) is 16.8. The second-order valence-electron chi connectivity index (χ2n) is 7.20. The van der Waals surface area contributed by atoms with Gasteiger partial charge in [0.05, 0.1) is 17.1 Å². The van der Waals surface area contributed by atoms with Gasteiger partial charge in [0.1, 0.15) is 12.3 Å². The first-order valence-corrected chi connectivity index (χ1v) is 9.88. The molecule has 1 fully saturated rings. The summed E-state index contributed by atoms with van der Waals surface area (Å²) >= 11 is 0. The molecule has 2 aromatic rings. The van der Waals surface area contributed by atoms with Gasteiger partial charge in [0.25, 0.3) is 5.91 Å². The molecular weight excluding hydrogens is 354 g/mol. The fourth-order valence-corrected chi connectivity index (χ4v) is 3.83. The molecule has 0 radical (unpaired) electrons. The number of nitrogens with zero attached hydrogens (tertiary/aromatic N) is 2. The third-order valence-electron chi connectivity index (χ3n) is 5.23. The number of para-hydroxylation sites is 4. The van der Waals surface area contributed by atoms with Crippen LogP contribution in [-0.2, 0) is 9.59 Å². The number of hydrogen-bond donors (Lipinski definition) is 1. The average Bonchev–Trinajstić information content (AvgIpc) is 3.00. The maximum atomic E-state index is 12.8.